The van der Waals surface area contributed by atoms with Crippen LogP contribution in [0, 0.1) is 6.92 Å². The van der Waals surface area contributed by atoms with Crippen molar-refractivity contribution in [3.8, 4) is 0 Å². The first-order valence-corrected chi connectivity index (χ1v) is 5.71. The molecule has 2 aromatic rings. The van der Waals surface area contributed by atoms with Crippen LogP contribution in [-0.4, -0.2) is 26.7 Å². The van der Waals surface area contributed by atoms with Crippen LogP contribution in [0.4, 0.5) is 0 Å². The minimum atomic E-state index is 0.0894. The molecule has 0 spiro atoms. The third kappa shape index (κ3) is 2.91. The van der Waals surface area contributed by atoms with E-state index in [4.69, 9.17) is 0 Å². The van der Waals surface area contributed by atoms with Crippen LogP contribution in [0.2, 0.25) is 0 Å². The second-order valence-electron chi connectivity index (χ2n) is 4.38. The van der Waals surface area contributed by atoms with E-state index in [1.54, 1.807) is 4.68 Å². The molecule has 0 aliphatic rings. The van der Waals surface area contributed by atoms with Gasteiger partial charge < -0.3 is 5.11 Å². The van der Waals surface area contributed by atoms with Crippen LogP contribution in [0.5, 0.6) is 0 Å². The fourth-order valence-electron chi connectivity index (χ4n) is 1.95. The average molecular weight is 231 g/mol. The molecule has 1 heterocycles. The highest BCUT2D eigenvalue weighted by Crippen LogP contribution is 2.20. The highest BCUT2D eigenvalue weighted by Gasteiger charge is 2.13. The van der Waals surface area contributed by atoms with Crippen LogP contribution in [-0.2, 0) is 13.5 Å². The van der Waals surface area contributed by atoms with Crippen LogP contribution in [0.25, 0.3) is 0 Å². The van der Waals surface area contributed by atoms with Crippen LogP contribution >= 0.6 is 0 Å². The zero-order valence-electron chi connectivity index (χ0n) is 10.2. The van der Waals surface area contributed by atoms with Gasteiger partial charge in [-0.1, -0.05) is 35.0 Å². The van der Waals surface area contributed by atoms with Gasteiger partial charge in [0.15, 0.2) is 0 Å². The molecule has 0 fully saturated rings. The van der Waals surface area contributed by atoms with Crippen molar-refractivity contribution in [3.05, 3.63) is 47.3 Å². The van der Waals surface area contributed by atoms with E-state index in [0.717, 1.165) is 11.3 Å². The Kier molecular flexibility index (Phi) is 3.54. The Bertz CT molecular complexity index is 493. The minimum Gasteiger partial charge on any atom is -0.396 e. The van der Waals surface area contributed by atoms with Crippen molar-refractivity contribution in [3.63, 3.8) is 0 Å². The number of aromatic nitrogens is 3. The third-order valence-electron chi connectivity index (χ3n) is 2.84. The summed E-state index contributed by atoms with van der Waals surface area (Å²) in [6, 6.07) is 8.23. The predicted molar refractivity (Wildman–Crippen MR) is 65.7 cm³/mol. The molecular weight excluding hydrogens is 214 g/mol. The lowest BCUT2D eigenvalue weighted by atomic mass is 9.94. The second-order valence-corrected chi connectivity index (χ2v) is 4.38. The third-order valence-corrected chi connectivity index (χ3v) is 2.84. The molecule has 17 heavy (non-hydrogen) atoms. The summed E-state index contributed by atoms with van der Waals surface area (Å²) < 4.78 is 1.68. The Morgan fingerprint density at radius 1 is 1.41 bits per heavy atom. The van der Waals surface area contributed by atoms with Crippen LogP contribution in [0.1, 0.15) is 22.7 Å². The fourth-order valence-corrected chi connectivity index (χ4v) is 1.95. The summed E-state index contributed by atoms with van der Waals surface area (Å²) in [7, 11) is 1.84. The maximum atomic E-state index is 9.48. The second kappa shape index (κ2) is 5.10. The lowest BCUT2D eigenvalue weighted by molar-refractivity contribution is 0.264. The van der Waals surface area contributed by atoms with Gasteiger partial charge in [-0.2, -0.15) is 0 Å². The van der Waals surface area contributed by atoms with E-state index in [0.29, 0.717) is 6.42 Å². The SMILES string of the molecule is Cc1cccc(C(CO)Cc2cn(C)nn2)c1. The van der Waals surface area contributed by atoms with Crippen LogP contribution in [0.15, 0.2) is 30.5 Å². The lowest BCUT2D eigenvalue weighted by Gasteiger charge is -2.13. The van der Waals surface area contributed by atoms with Gasteiger partial charge in [0, 0.05) is 25.6 Å². The summed E-state index contributed by atoms with van der Waals surface area (Å²) in [5.74, 6) is 0.0894. The lowest BCUT2D eigenvalue weighted by Crippen LogP contribution is -2.08. The number of benzene rings is 1. The zero-order chi connectivity index (χ0) is 12.3. The Balaban J connectivity index is 2.16. The molecule has 1 unspecified atom stereocenters. The number of nitrogens with zero attached hydrogens (tertiary/aromatic N) is 3. The van der Waals surface area contributed by atoms with Gasteiger partial charge in [0.25, 0.3) is 0 Å². The molecule has 1 aromatic carbocycles. The Hall–Kier alpha value is -1.68. The number of rotatable bonds is 4. The van der Waals surface area contributed by atoms with Crippen molar-refractivity contribution in [2.75, 3.05) is 6.61 Å². The highest BCUT2D eigenvalue weighted by molar-refractivity contribution is 5.26. The van der Waals surface area contributed by atoms with Crippen LogP contribution in [0.3, 0.4) is 0 Å². The van der Waals surface area contributed by atoms with Gasteiger partial charge in [0.05, 0.1) is 12.3 Å². The van der Waals surface area contributed by atoms with Gasteiger partial charge in [0.2, 0.25) is 0 Å². The van der Waals surface area contributed by atoms with Crippen molar-refractivity contribution < 1.29 is 5.11 Å². The van der Waals surface area contributed by atoms with Gasteiger partial charge in [0.1, 0.15) is 0 Å². The maximum absolute atomic E-state index is 9.48. The van der Waals surface area contributed by atoms with E-state index in [2.05, 4.69) is 29.4 Å². The molecule has 2 rings (SSSR count). The Labute approximate surface area is 101 Å². The van der Waals surface area contributed by atoms with E-state index < -0.39 is 0 Å². The van der Waals surface area contributed by atoms with E-state index in [-0.39, 0.29) is 12.5 Å². The smallest absolute Gasteiger partial charge is 0.0833 e. The topological polar surface area (TPSA) is 50.9 Å². The molecule has 4 heteroatoms. The van der Waals surface area contributed by atoms with E-state index in [9.17, 15) is 5.11 Å². The minimum absolute atomic E-state index is 0.0894. The Morgan fingerprint density at radius 2 is 2.24 bits per heavy atom. The predicted octanol–water partition coefficient (Wildman–Crippen LogP) is 1.44. The summed E-state index contributed by atoms with van der Waals surface area (Å²) in [5, 5.41) is 17.4. The number of aryl methyl sites for hydroxylation is 2. The van der Waals surface area contributed by atoms with E-state index in [1.807, 2.05) is 25.4 Å². The van der Waals surface area contributed by atoms with Crippen molar-refractivity contribution >= 4 is 0 Å². The summed E-state index contributed by atoms with van der Waals surface area (Å²) in [5.41, 5.74) is 3.27. The molecule has 1 aromatic heterocycles. The van der Waals surface area contributed by atoms with E-state index in [1.165, 1.54) is 5.56 Å². The Morgan fingerprint density at radius 3 is 2.82 bits per heavy atom. The summed E-state index contributed by atoms with van der Waals surface area (Å²) in [4.78, 5) is 0. The number of aliphatic hydroxyl groups is 1. The van der Waals surface area contributed by atoms with Gasteiger partial charge >= 0.3 is 0 Å². The fraction of sp³-hybridized carbons (Fsp3) is 0.385. The highest BCUT2D eigenvalue weighted by atomic mass is 16.3. The van der Waals surface area contributed by atoms with Gasteiger partial charge in [-0.05, 0) is 12.5 Å². The molecule has 1 atom stereocenters. The molecule has 0 amide bonds. The molecule has 0 aliphatic heterocycles. The van der Waals surface area contributed by atoms with Crippen molar-refractivity contribution in [2.24, 2.45) is 7.05 Å². The standard InChI is InChI=1S/C13H17N3O/c1-10-4-3-5-11(6-10)12(9-17)7-13-8-16(2)15-14-13/h3-6,8,12,17H,7,9H2,1-2H3. The van der Waals surface area contributed by atoms with Gasteiger partial charge in [-0.15, -0.1) is 5.10 Å². The van der Waals surface area contributed by atoms with Crippen molar-refractivity contribution in [2.45, 2.75) is 19.3 Å². The zero-order valence-corrected chi connectivity index (χ0v) is 10.2. The number of hydrogen-bond acceptors (Lipinski definition) is 3. The molecule has 0 bridgehead atoms. The normalized spacial score (nSPS) is 12.6. The summed E-state index contributed by atoms with van der Waals surface area (Å²) >= 11 is 0. The quantitative estimate of drug-likeness (QED) is 0.866. The first kappa shape index (κ1) is 11.8. The van der Waals surface area contributed by atoms with Gasteiger partial charge in [-0.25, -0.2) is 0 Å². The largest absolute Gasteiger partial charge is 0.396 e. The van der Waals surface area contributed by atoms with Gasteiger partial charge in [-0.3, -0.25) is 4.68 Å². The molecule has 0 radical (unpaired) electrons. The molecule has 0 saturated carbocycles. The summed E-state index contributed by atoms with van der Waals surface area (Å²) in [6.07, 6.45) is 2.60. The number of hydrogen-bond donors (Lipinski definition) is 1. The average Bonchev–Trinajstić information content (AvgIpc) is 2.72. The molecule has 0 aliphatic carbocycles. The first-order chi connectivity index (χ1) is 8.19. The molecule has 90 valence electrons. The van der Waals surface area contributed by atoms with Crippen molar-refractivity contribution in [1.82, 2.24) is 15.0 Å². The molecule has 4 nitrogen and oxygen atoms in total. The first-order valence-electron chi connectivity index (χ1n) is 5.71. The maximum Gasteiger partial charge on any atom is 0.0833 e. The van der Waals surface area contributed by atoms with Crippen molar-refractivity contribution in [1.29, 1.82) is 0 Å². The van der Waals surface area contributed by atoms with E-state index >= 15 is 0 Å². The van der Waals surface area contributed by atoms with Crippen LogP contribution < -0.4 is 0 Å². The summed E-state index contributed by atoms with van der Waals surface area (Å²) in [6.45, 7) is 2.18. The molecule has 1 N–H and O–H groups in total. The molecular formula is C13H17N3O. The monoisotopic (exact) mass is 231 g/mol. The number of aliphatic hydroxyl groups excluding tert-OH is 1. The molecule has 0 saturated heterocycles.